The van der Waals surface area contributed by atoms with Gasteiger partial charge in [-0.1, -0.05) is 47.1 Å². The summed E-state index contributed by atoms with van der Waals surface area (Å²) in [6.45, 7) is 1.45. The molecule has 1 atom stereocenters. The molecule has 0 spiro atoms. The summed E-state index contributed by atoms with van der Waals surface area (Å²) in [5, 5.41) is 11.7. The predicted octanol–water partition coefficient (Wildman–Crippen LogP) is 8.40. The Morgan fingerprint density at radius 2 is 1.64 bits per heavy atom. The van der Waals surface area contributed by atoms with Gasteiger partial charge in [-0.2, -0.15) is 26.3 Å². The fraction of sp³-hybridized carbons (Fsp3) is 0.222. The summed E-state index contributed by atoms with van der Waals surface area (Å²) in [6.07, 6.45) is -10.2. The van der Waals surface area contributed by atoms with Gasteiger partial charge in [-0.15, -0.1) is 10.2 Å². The Hall–Kier alpha value is -3.42. The second kappa shape index (κ2) is 12.4. The van der Waals surface area contributed by atoms with Gasteiger partial charge in [-0.3, -0.25) is 9.36 Å². The molecule has 0 aliphatic carbocycles. The smallest absolute Gasteiger partial charge is 0.416 e. The Morgan fingerprint density at radius 3 is 2.26 bits per heavy atom. The number of carbonyl (C=O) groups is 1. The number of carbonyl (C=O) groups excluding carboxylic acids is 1. The quantitative estimate of drug-likeness (QED) is 0.153. The van der Waals surface area contributed by atoms with Crippen LogP contribution in [-0.2, 0) is 18.1 Å². The highest BCUT2D eigenvalue weighted by Crippen LogP contribution is 2.37. The van der Waals surface area contributed by atoms with Crippen molar-refractivity contribution in [3.8, 4) is 11.4 Å². The molecule has 4 rings (SSSR count). The first kappa shape index (κ1) is 31.5. The van der Waals surface area contributed by atoms with Gasteiger partial charge < -0.3 is 10.1 Å². The van der Waals surface area contributed by atoms with Gasteiger partial charge in [-0.25, -0.2) is 0 Å². The third kappa shape index (κ3) is 7.31. The van der Waals surface area contributed by atoms with Gasteiger partial charge in [-0.05, 0) is 61.0 Å². The molecule has 1 amide bonds. The molecule has 4 aromatic rings. The van der Waals surface area contributed by atoms with Crippen molar-refractivity contribution in [2.75, 3.05) is 7.11 Å². The minimum atomic E-state index is -5.11. The van der Waals surface area contributed by atoms with Crippen molar-refractivity contribution in [2.45, 2.75) is 36.2 Å². The third-order valence-electron chi connectivity index (χ3n) is 5.89. The topological polar surface area (TPSA) is 69.0 Å². The Morgan fingerprint density at radius 1 is 0.976 bits per heavy atom. The van der Waals surface area contributed by atoms with E-state index in [0.717, 1.165) is 5.56 Å². The number of alkyl halides is 6. The van der Waals surface area contributed by atoms with Crippen LogP contribution in [0.15, 0.2) is 65.8 Å². The number of hydrogen-bond donors (Lipinski definition) is 1. The van der Waals surface area contributed by atoms with E-state index in [2.05, 4.69) is 15.5 Å². The van der Waals surface area contributed by atoms with Crippen LogP contribution in [0, 0.1) is 0 Å². The maximum absolute atomic E-state index is 13.3. The minimum absolute atomic E-state index is 0.0518. The molecule has 0 saturated carbocycles. The Bertz CT molecular complexity index is 1580. The molecule has 0 aliphatic rings. The predicted molar refractivity (Wildman–Crippen MR) is 146 cm³/mol. The number of rotatable bonds is 8. The summed E-state index contributed by atoms with van der Waals surface area (Å²) < 4.78 is 86.7. The van der Waals surface area contributed by atoms with Crippen LogP contribution in [0.5, 0.6) is 5.75 Å². The number of aromatic nitrogens is 3. The van der Waals surface area contributed by atoms with Crippen LogP contribution in [0.1, 0.15) is 45.8 Å². The number of hydrogen-bond acceptors (Lipinski definition) is 5. The van der Waals surface area contributed by atoms with Crippen molar-refractivity contribution < 1.29 is 35.9 Å². The molecule has 42 heavy (non-hydrogen) atoms. The first-order valence-corrected chi connectivity index (χ1v) is 13.7. The van der Waals surface area contributed by atoms with Gasteiger partial charge in [0.25, 0.3) is 5.91 Å². The van der Waals surface area contributed by atoms with Gasteiger partial charge in [0.05, 0.1) is 35.0 Å². The number of nitrogens with zero attached hydrogens (tertiary/aromatic N) is 3. The number of halogens is 8. The lowest BCUT2D eigenvalue weighted by molar-refractivity contribution is -0.143. The van der Waals surface area contributed by atoms with Gasteiger partial charge >= 0.3 is 12.4 Å². The van der Waals surface area contributed by atoms with E-state index in [9.17, 15) is 31.1 Å². The molecule has 0 aliphatic heterocycles. The second-order valence-electron chi connectivity index (χ2n) is 8.90. The number of methoxy groups -OCH3 is 1. The summed E-state index contributed by atoms with van der Waals surface area (Å²) in [5.41, 5.74) is -2.82. The summed E-state index contributed by atoms with van der Waals surface area (Å²) in [4.78, 5) is 13.0. The van der Waals surface area contributed by atoms with E-state index in [4.69, 9.17) is 27.9 Å². The molecule has 6 nitrogen and oxygen atoms in total. The number of benzene rings is 3. The Labute approximate surface area is 250 Å². The van der Waals surface area contributed by atoms with Crippen molar-refractivity contribution in [3.05, 3.63) is 98.8 Å². The average Bonchev–Trinajstić information content (AvgIpc) is 3.36. The highest BCUT2D eigenvalue weighted by Gasteiger charge is 2.37. The van der Waals surface area contributed by atoms with Crippen molar-refractivity contribution in [3.63, 3.8) is 0 Å². The summed E-state index contributed by atoms with van der Waals surface area (Å²) >= 11 is 13.9. The van der Waals surface area contributed by atoms with Crippen LogP contribution in [0.3, 0.4) is 0 Å². The molecule has 0 radical (unpaired) electrons. The molecule has 1 unspecified atom stereocenters. The monoisotopic (exact) mass is 648 g/mol. The van der Waals surface area contributed by atoms with Crippen molar-refractivity contribution in [1.29, 1.82) is 0 Å². The number of amides is 1. The van der Waals surface area contributed by atoms with E-state index >= 15 is 0 Å². The van der Waals surface area contributed by atoms with Crippen LogP contribution >= 0.6 is 35.0 Å². The van der Waals surface area contributed by atoms with E-state index in [1.807, 2.05) is 18.2 Å². The first-order chi connectivity index (χ1) is 19.7. The molecule has 0 bridgehead atoms. The molecular weight excluding hydrogens is 629 g/mol. The summed E-state index contributed by atoms with van der Waals surface area (Å²) in [6, 6.07) is 11.5. The zero-order valence-electron chi connectivity index (χ0n) is 21.6. The lowest BCUT2D eigenvalue weighted by atomic mass is 10.0. The van der Waals surface area contributed by atoms with Crippen LogP contribution in [0.4, 0.5) is 26.3 Å². The molecule has 222 valence electrons. The highest BCUT2D eigenvalue weighted by atomic mass is 35.5. The molecule has 0 saturated heterocycles. The van der Waals surface area contributed by atoms with E-state index in [0.29, 0.717) is 39.5 Å². The van der Waals surface area contributed by atoms with Crippen molar-refractivity contribution in [1.82, 2.24) is 20.1 Å². The van der Waals surface area contributed by atoms with Gasteiger partial charge in [0.1, 0.15) is 5.75 Å². The largest absolute Gasteiger partial charge is 0.497 e. The molecule has 3 aromatic carbocycles. The van der Waals surface area contributed by atoms with Crippen LogP contribution < -0.4 is 10.1 Å². The van der Waals surface area contributed by atoms with Gasteiger partial charge in [0, 0.05) is 16.3 Å². The van der Waals surface area contributed by atoms with Crippen molar-refractivity contribution >= 4 is 40.9 Å². The third-order valence-corrected chi connectivity index (χ3v) is 7.45. The normalized spacial score (nSPS) is 12.7. The molecular formula is C27H20Cl2F6N4O2S. The zero-order valence-corrected chi connectivity index (χ0v) is 24.0. The van der Waals surface area contributed by atoms with Crippen LogP contribution in [0.25, 0.3) is 5.69 Å². The highest BCUT2D eigenvalue weighted by molar-refractivity contribution is 7.98. The number of nitrogens with one attached hydrogen (secondary N) is 1. The lowest BCUT2D eigenvalue weighted by Gasteiger charge is -2.18. The zero-order chi connectivity index (χ0) is 30.8. The standard InChI is InChI=1S/C27H20Cl2F6N4O2S/c1-14(36-24(40)16-9-17(26(30,31)32)11-18(10-16)27(33,34)35)23-37-38-25(39(23)22-12-19(28)6-7-21(22)29)42-13-15-4-3-5-20(8-15)41-2/h3-12,14H,13H2,1-2H3,(H,36,40). The van der Waals surface area contributed by atoms with E-state index < -0.39 is 41.0 Å². The van der Waals surface area contributed by atoms with Gasteiger partial charge in [0.2, 0.25) is 0 Å². The molecule has 1 N–H and O–H groups in total. The number of ether oxygens (including phenoxy) is 1. The Balaban J connectivity index is 1.70. The Kier molecular flexibility index (Phi) is 9.33. The summed E-state index contributed by atoms with van der Waals surface area (Å²) in [5.74, 6) is -0.0218. The SMILES string of the molecule is COc1cccc(CSc2nnc(C(C)NC(=O)c3cc(C(F)(F)F)cc(C(F)(F)F)c3)n2-c2cc(Cl)ccc2Cl)c1. The second-order valence-corrected chi connectivity index (χ2v) is 10.7. The van der Waals surface area contributed by atoms with Crippen LogP contribution in [0.2, 0.25) is 10.0 Å². The summed E-state index contributed by atoms with van der Waals surface area (Å²) in [7, 11) is 1.54. The maximum atomic E-state index is 13.3. The molecule has 0 fully saturated rings. The van der Waals surface area contributed by atoms with E-state index in [1.165, 1.54) is 42.5 Å². The molecule has 1 aromatic heterocycles. The average molecular weight is 649 g/mol. The maximum Gasteiger partial charge on any atom is 0.416 e. The molecule has 15 heteroatoms. The van der Waals surface area contributed by atoms with Gasteiger partial charge in [0.15, 0.2) is 11.0 Å². The molecule has 1 heterocycles. The first-order valence-electron chi connectivity index (χ1n) is 11.9. The van der Waals surface area contributed by atoms with Crippen LogP contribution in [-0.4, -0.2) is 27.8 Å². The minimum Gasteiger partial charge on any atom is -0.497 e. The van der Waals surface area contributed by atoms with E-state index in [-0.39, 0.29) is 16.9 Å². The van der Waals surface area contributed by atoms with E-state index in [1.54, 1.807) is 12.1 Å². The van der Waals surface area contributed by atoms with Crippen molar-refractivity contribution in [2.24, 2.45) is 0 Å². The lowest BCUT2D eigenvalue weighted by Crippen LogP contribution is -2.29. The fourth-order valence-electron chi connectivity index (χ4n) is 3.88. The fourth-order valence-corrected chi connectivity index (χ4v) is 5.14. The number of thioether (sulfide) groups is 1.